The molecule has 110 valence electrons. The molecule has 0 aromatic heterocycles. The maximum absolute atomic E-state index is 12.1. The predicted octanol–water partition coefficient (Wildman–Crippen LogP) is 2.93. The Kier molecular flexibility index (Phi) is 5.41. The molecule has 0 bridgehead atoms. The first-order chi connectivity index (χ1) is 9.69. The Balaban J connectivity index is 1.88. The summed E-state index contributed by atoms with van der Waals surface area (Å²) in [6, 6.07) is 7.75. The Hall–Kier alpha value is -1.55. The number of unbranched alkanes of at least 4 members (excludes halogenated alkanes) is 1. The summed E-state index contributed by atoms with van der Waals surface area (Å²) in [6.07, 6.45) is 4.77. The zero-order chi connectivity index (χ0) is 14.4. The molecule has 1 aromatic rings. The van der Waals surface area contributed by atoms with Crippen molar-refractivity contribution in [1.29, 1.82) is 0 Å². The first kappa shape index (κ1) is 14.9. The van der Waals surface area contributed by atoms with Gasteiger partial charge in [-0.1, -0.05) is 19.4 Å². The van der Waals surface area contributed by atoms with E-state index in [-0.39, 0.29) is 17.9 Å². The lowest BCUT2D eigenvalue weighted by Crippen LogP contribution is -2.23. The summed E-state index contributed by atoms with van der Waals surface area (Å²) in [5.74, 6) is 0.928. The highest BCUT2D eigenvalue weighted by molar-refractivity contribution is 5.92. The Bertz CT molecular complexity index is 448. The van der Waals surface area contributed by atoms with Crippen LogP contribution in [0.1, 0.15) is 39.0 Å². The van der Waals surface area contributed by atoms with Crippen LogP contribution in [0.2, 0.25) is 0 Å². The van der Waals surface area contributed by atoms with Crippen LogP contribution in [0.25, 0.3) is 0 Å². The number of nitrogens with two attached hydrogens (primary N) is 1. The van der Waals surface area contributed by atoms with Crippen molar-refractivity contribution in [3.05, 3.63) is 24.3 Å². The van der Waals surface area contributed by atoms with Crippen molar-refractivity contribution in [3.63, 3.8) is 0 Å². The zero-order valence-corrected chi connectivity index (χ0v) is 12.1. The maximum atomic E-state index is 12.1. The van der Waals surface area contributed by atoms with Gasteiger partial charge in [-0.3, -0.25) is 4.79 Å². The molecule has 0 saturated heterocycles. The Morgan fingerprint density at radius 1 is 1.45 bits per heavy atom. The molecule has 0 spiro atoms. The number of carbonyl (C=O) groups is 1. The van der Waals surface area contributed by atoms with E-state index in [1.165, 1.54) is 0 Å². The van der Waals surface area contributed by atoms with Crippen LogP contribution in [-0.2, 0) is 4.79 Å². The van der Waals surface area contributed by atoms with Gasteiger partial charge >= 0.3 is 0 Å². The van der Waals surface area contributed by atoms with Gasteiger partial charge in [-0.15, -0.1) is 0 Å². The fourth-order valence-corrected chi connectivity index (χ4v) is 2.50. The Morgan fingerprint density at radius 3 is 3.00 bits per heavy atom. The fourth-order valence-electron chi connectivity index (χ4n) is 2.50. The minimum atomic E-state index is 0.0506. The van der Waals surface area contributed by atoms with Gasteiger partial charge < -0.3 is 15.8 Å². The number of nitrogens with one attached hydrogen (secondary N) is 1. The first-order valence-corrected chi connectivity index (χ1v) is 7.48. The quantitative estimate of drug-likeness (QED) is 0.785. The lowest BCUT2D eigenvalue weighted by atomic mass is 10.1. The number of rotatable bonds is 6. The molecule has 20 heavy (non-hydrogen) atoms. The van der Waals surface area contributed by atoms with Crippen LogP contribution < -0.4 is 15.8 Å². The summed E-state index contributed by atoms with van der Waals surface area (Å²) in [7, 11) is 0. The van der Waals surface area contributed by atoms with Crippen LogP contribution in [0.4, 0.5) is 5.69 Å². The van der Waals surface area contributed by atoms with Crippen LogP contribution in [-0.4, -0.2) is 18.6 Å². The van der Waals surface area contributed by atoms with E-state index < -0.39 is 0 Å². The van der Waals surface area contributed by atoms with E-state index in [1.807, 2.05) is 24.3 Å². The SMILES string of the molecule is CCCCOc1cccc(NC(=O)C2CCC(N)C2)c1. The van der Waals surface area contributed by atoms with E-state index in [1.54, 1.807) is 0 Å². The highest BCUT2D eigenvalue weighted by Gasteiger charge is 2.27. The van der Waals surface area contributed by atoms with Crippen LogP contribution in [0.15, 0.2) is 24.3 Å². The van der Waals surface area contributed by atoms with Crippen LogP contribution in [0.3, 0.4) is 0 Å². The van der Waals surface area contributed by atoms with Crippen molar-refractivity contribution < 1.29 is 9.53 Å². The highest BCUT2D eigenvalue weighted by Crippen LogP contribution is 2.26. The largest absolute Gasteiger partial charge is 0.494 e. The molecule has 1 aliphatic rings. The van der Waals surface area contributed by atoms with Gasteiger partial charge in [0.05, 0.1) is 6.61 Å². The second kappa shape index (κ2) is 7.29. The van der Waals surface area contributed by atoms with Crippen LogP contribution in [0, 0.1) is 5.92 Å². The number of hydrogen-bond acceptors (Lipinski definition) is 3. The summed E-state index contributed by atoms with van der Waals surface area (Å²) in [5.41, 5.74) is 6.64. The monoisotopic (exact) mass is 276 g/mol. The summed E-state index contributed by atoms with van der Waals surface area (Å²) >= 11 is 0. The molecule has 1 aromatic carbocycles. The summed E-state index contributed by atoms with van der Waals surface area (Å²) < 4.78 is 5.64. The third-order valence-corrected chi connectivity index (χ3v) is 3.71. The van der Waals surface area contributed by atoms with E-state index in [9.17, 15) is 4.79 Å². The van der Waals surface area contributed by atoms with Crippen LogP contribution >= 0.6 is 0 Å². The fraction of sp³-hybridized carbons (Fsp3) is 0.562. The highest BCUT2D eigenvalue weighted by atomic mass is 16.5. The van der Waals surface area contributed by atoms with E-state index >= 15 is 0 Å². The number of hydrogen-bond donors (Lipinski definition) is 2. The summed E-state index contributed by atoms with van der Waals surface area (Å²) in [6.45, 7) is 2.84. The van der Waals surface area contributed by atoms with Gasteiger partial charge in [-0.25, -0.2) is 0 Å². The van der Waals surface area contributed by atoms with Gasteiger partial charge in [0, 0.05) is 23.7 Å². The molecule has 1 aliphatic carbocycles. The van der Waals surface area contributed by atoms with E-state index in [2.05, 4.69) is 12.2 Å². The molecule has 4 nitrogen and oxygen atoms in total. The number of anilines is 1. The smallest absolute Gasteiger partial charge is 0.227 e. The average molecular weight is 276 g/mol. The number of carbonyl (C=O) groups excluding carboxylic acids is 1. The van der Waals surface area contributed by atoms with E-state index in [0.717, 1.165) is 43.5 Å². The lowest BCUT2D eigenvalue weighted by Gasteiger charge is -2.12. The molecular formula is C16H24N2O2. The van der Waals surface area contributed by atoms with Gasteiger partial charge in [0.15, 0.2) is 0 Å². The molecule has 4 heteroatoms. The molecule has 2 rings (SSSR count). The van der Waals surface area contributed by atoms with Crippen molar-refractivity contribution >= 4 is 11.6 Å². The van der Waals surface area contributed by atoms with Crippen LogP contribution in [0.5, 0.6) is 5.75 Å². The molecule has 1 saturated carbocycles. The van der Waals surface area contributed by atoms with Gasteiger partial charge in [0.25, 0.3) is 0 Å². The average Bonchev–Trinajstić information content (AvgIpc) is 2.86. The van der Waals surface area contributed by atoms with Crippen molar-refractivity contribution in [1.82, 2.24) is 0 Å². The minimum Gasteiger partial charge on any atom is -0.494 e. The van der Waals surface area contributed by atoms with Gasteiger partial charge in [-0.05, 0) is 37.8 Å². The molecule has 0 heterocycles. The molecular weight excluding hydrogens is 252 g/mol. The first-order valence-electron chi connectivity index (χ1n) is 7.48. The van der Waals surface area contributed by atoms with Gasteiger partial charge in [0.2, 0.25) is 5.91 Å². The Labute approximate surface area is 120 Å². The molecule has 0 aliphatic heterocycles. The number of ether oxygens (including phenoxy) is 1. The lowest BCUT2D eigenvalue weighted by molar-refractivity contribution is -0.119. The van der Waals surface area contributed by atoms with E-state index in [4.69, 9.17) is 10.5 Å². The Morgan fingerprint density at radius 2 is 2.30 bits per heavy atom. The third kappa shape index (κ3) is 4.23. The van der Waals surface area contributed by atoms with Gasteiger partial charge in [0.1, 0.15) is 5.75 Å². The van der Waals surface area contributed by atoms with Gasteiger partial charge in [-0.2, -0.15) is 0 Å². The summed E-state index contributed by atoms with van der Waals surface area (Å²) in [4.78, 5) is 12.1. The molecule has 2 atom stereocenters. The molecule has 3 N–H and O–H groups in total. The van der Waals surface area contributed by atoms with Crippen molar-refractivity contribution in [2.24, 2.45) is 11.7 Å². The van der Waals surface area contributed by atoms with Crippen molar-refractivity contribution in [2.45, 2.75) is 45.1 Å². The predicted molar refractivity (Wildman–Crippen MR) is 80.8 cm³/mol. The van der Waals surface area contributed by atoms with E-state index in [0.29, 0.717) is 6.61 Å². The minimum absolute atomic E-state index is 0.0506. The van der Waals surface area contributed by atoms with Crippen molar-refractivity contribution in [3.8, 4) is 5.75 Å². The third-order valence-electron chi connectivity index (χ3n) is 3.71. The van der Waals surface area contributed by atoms with Crippen molar-refractivity contribution in [2.75, 3.05) is 11.9 Å². The number of amides is 1. The summed E-state index contributed by atoms with van der Waals surface area (Å²) in [5, 5.41) is 2.96. The molecule has 1 fully saturated rings. The maximum Gasteiger partial charge on any atom is 0.227 e. The zero-order valence-electron chi connectivity index (χ0n) is 12.1. The molecule has 2 unspecified atom stereocenters. The second-order valence-electron chi connectivity index (χ2n) is 5.49. The molecule has 1 amide bonds. The number of benzene rings is 1. The molecule has 0 radical (unpaired) electrons. The topological polar surface area (TPSA) is 64.3 Å². The standard InChI is InChI=1S/C16H24N2O2/c1-2-3-9-20-15-6-4-5-14(11-15)18-16(19)12-7-8-13(17)10-12/h4-6,11-13H,2-3,7-10,17H2,1H3,(H,18,19). The normalized spacial score (nSPS) is 21.7. The second-order valence-corrected chi connectivity index (χ2v) is 5.49.